The second kappa shape index (κ2) is 6.66. The molecule has 1 N–H and O–H groups in total. The standard InChI is InChI=1S/C18H24N6O2/c1-11-9-12(2)24(18(26)19-11)10-16(25)20-14-5-6-15-21-22-17(13-3-4-13)23(15)8-7-14/h9,13-14H,3-8,10H2,1-2H3,(H,20,25). The second-order valence-electron chi connectivity index (χ2n) is 7.40. The minimum atomic E-state index is -0.376. The van der Waals surface area contributed by atoms with Crippen LogP contribution >= 0.6 is 0 Å². The average Bonchev–Trinajstić information content (AvgIpc) is 3.37. The number of carbonyl (C=O) groups excluding carboxylic acids is 1. The van der Waals surface area contributed by atoms with Crippen molar-refractivity contribution in [2.24, 2.45) is 0 Å². The van der Waals surface area contributed by atoms with Crippen LogP contribution < -0.4 is 11.0 Å². The third-order valence-corrected chi connectivity index (χ3v) is 5.23. The van der Waals surface area contributed by atoms with E-state index >= 15 is 0 Å². The highest BCUT2D eigenvalue weighted by Crippen LogP contribution is 2.39. The molecule has 0 spiro atoms. The van der Waals surface area contributed by atoms with Crippen LogP contribution in [0, 0.1) is 13.8 Å². The number of fused-ring (bicyclic) bond motifs is 1. The molecule has 1 atom stereocenters. The van der Waals surface area contributed by atoms with E-state index in [1.165, 1.54) is 17.4 Å². The van der Waals surface area contributed by atoms with Gasteiger partial charge in [0.1, 0.15) is 18.2 Å². The van der Waals surface area contributed by atoms with Crippen LogP contribution in [0.2, 0.25) is 0 Å². The van der Waals surface area contributed by atoms with Gasteiger partial charge < -0.3 is 9.88 Å². The van der Waals surface area contributed by atoms with Crippen LogP contribution in [0.15, 0.2) is 10.9 Å². The van der Waals surface area contributed by atoms with E-state index in [-0.39, 0.29) is 24.2 Å². The Labute approximate surface area is 151 Å². The number of rotatable bonds is 4. The molecule has 2 aromatic heterocycles. The molecule has 1 aliphatic carbocycles. The molecule has 26 heavy (non-hydrogen) atoms. The first-order valence-corrected chi connectivity index (χ1v) is 9.27. The quantitative estimate of drug-likeness (QED) is 0.876. The highest BCUT2D eigenvalue weighted by molar-refractivity contribution is 5.76. The predicted octanol–water partition coefficient (Wildman–Crippen LogP) is 0.850. The fourth-order valence-corrected chi connectivity index (χ4v) is 3.68. The van der Waals surface area contributed by atoms with Gasteiger partial charge in [-0.05, 0) is 45.6 Å². The Hall–Kier alpha value is -2.51. The molecule has 2 aliphatic rings. The summed E-state index contributed by atoms with van der Waals surface area (Å²) in [7, 11) is 0. The minimum absolute atomic E-state index is 0.00783. The fourth-order valence-electron chi connectivity index (χ4n) is 3.68. The molecule has 0 bridgehead atoms. The molecule has 8 nitrogen and oxygen atoms in total. The molecule has 3 heterocycles. The Balaban J connectivity index is 1.39. The third-order valence-electron chi connectivity index (χ3n) is 5.23. The molecular formula is C18H24N6O2. The van der Waals surface area contributed by atoms with E-state index in [0.29, 0.717) is 11.6 Å². The summed E-state index contributed by atoms with van der Waals surface area (Å²) in [6.45, 7) is 4.44. The Bertz CT molecular complexity index is 896. The highest BCUT2D eigenvalue weighted by Gasteiger charge is 2.31. The summed E-state index contributed by atoms with van der Waals surface area (Å²) in [4.78, 5) is 28.4. The van der Waals surface area contributed by atoms with Crippen LogP contribution in [0.1, 0.15) is 54.6 Å². The predicted molar refractivity (Wildman–Crippen MR) is 94.8 cm³/mol. The van der Waals surface area contributed by atoms with Gasteiger partial charge >= 0.3 is 5.69 Å². The summed E-state index contributed by atoms with van der Waals surface area (Å²) < 4.78 is 3.65. The lowest BCUT2D eigenvalue weighted by Gasteiger charge is -2.17. The molecule has 8 heteroatoms. The van der Waals surface area contributed by atoms with E-state index in [9.17, 15) is 9.59 Å². The molecule has 1 fully saturated rings. The van der Waals surface area contributed by atoms with Crippen molar-refractivity contribution in [2.75, 3.05) is 0 Å². The molecule has 0 aromatic carbocycles. The zero-order valence-corrected chi connectivity index (χ0v) is 15.2. The normalized spacial score (nSPS) is 19.7. The van der Waals surface area contributed by atoms with Gasteiger partial charge in [0.15, 0.2) is 0 Å². The van der Waals surface area contributed by atoms with E-state index in [4.69, 9.17) is 0 Å². The largest absolute Gasteiger partial charge is 0.352 e. The molecule has 2 aromatic rings. The topological polar surface area (TPSA) is 94.7 Å². The summed E-state index contributed by atoms with van der Waals surface area (Å²) in [5, 5.41) is 11.8. The van der Waals surface area contributed by atoms with Gasteiger partial charge in [0.25, 0.3) is 0 Å². The van der Waals surface area contributed by atoms with Crippen molar-refractivity contribution < 1.29 is 4.79 Å². The first-order chi connectivity index (χ1) is 12.5. The summed E-state index contributed by atoms with van der Waals surface area (Å²) in [5.41, 5.74) is 1.04. The number of amides is 1. The SMILES string of the molecule is Cc1cc(C)n(CC(=O)NC2CCc3nnc(C4CC4)n3CC2)c(=O)n1. The molecule has 0 saturated heterocycles. The first kappa shape index (κ1) is 16.9. The molecular weight excluding hydrogens is 332 g/mol. The smallest absolute Gasteiger partial charge is 0.348 e. The second-order valence-corrected chi connectivity index (χ2v) is 7.40. The van der Waals surface area contributed by atoms with Crippen molar-refractivity contribution in [3.63, 3.8) is 0 Å². The van der Waals surface area contributed by atoms with E-state index in [0.717, 1.165) is 43.1 Å². The van der Waals surface area contributed by atoms with Gasteiger partial charge in [-0.3, -0.25) is 9.36 Å². The Morgan fingerprint density at radius 1 is 1.23 bits per heavy atom. The molecule has 1 aliphatic heterocycles. The van der Waals surface area contributed by atoms with E-state index in [2.05, 4.69) is 25.1 Å². The van der Waals surface area contributed by atoms with Gasteiger partial charge in [0.05, 0.1) is 0 Å². The third kappa shape index (κ3) is 3.40. The minimum Gasteiger partial charge on any atom is -0.352 e. The van der Waals surface area contributed by atoms with Crippen molar-refractivity contribution in [3.05, 3.63) is 39.6 Å². The number of aromatic nitrogens is 5. The van der Waals surface area contributed by atoms with Crippen molar-refractivity contribution in [1.29, 1.82) is 0 Å². The number of hydrogen-bond acceptors (Lipinski definition) is 5. The maximum absolute atomic E-state index is 12.4. The lowest BCUT2D eigenvalue weighted by molar-refractivity contribution is -0.122. The van der Waals surface area contributed by atoms with Crippen LogP contribution in [0.3, 0.4) is 0 Å². The van der Waals surface area contributed by atoms with Crippen molar-refractivity contribution >= 4 is 5.91 Å². The zero-order valence-electron chi connectivity index (χ0n) is 15.2. The van der Waals surface area contributed by atoms with Crippen molar-refractivity contribution in [2.45, 2.75) is 71.0 Å². The maximum Gasteiger partial charge on any atom is 0.348 e. The monoisotopic (exact) mass is 356 g/mol. The number of aryl methyl sites for hydroxylation is 3. The number of hydrogen-bond donors (Lipinski definition) is 1. The van der Waals surface area contributed by atoms with Crippen molar-refractivity contribution in [3.8, 4) is 0 Å². The van der Waals surface area contributed by atoms with E-state index in [1.54, 1.807) is 6.92 Å². The summed E-state index contributed by atoms with van der Waals surface area (Å²) in [6, 6.07) is 1.90. The summed E-state index contributed by atoms with van der Waals surface area (Å²) in [6.07, 6.45) is 4.93. The first-order valence-electron chi connectivity index (χ1n) is 9.27. The molecule has 1 saturated carbocycles. The summed E-state index contributed by atoms with van der Waals surface area (Å²) >= 11 is 0. The van der Waals surface area contributed by atoms with E-state index < -0.39 is 0 Å². The molecule has 4 rings (SSSR count). The summed E-state index contributed by atoms with van der Waals surface area (Å²) in [5.74, 6) is 2.57. The van der Waals surface area contributed by atoms with Gasteiger partial charge in [-0.25, -0.2) is 4.79 Å². The fraction of sp³-hybridized carbons (Fsp3) is 0.611. The lowest BCUT2D eigenvalue weighted by Crippen LogP contribution is -2.40. The molecule has 1 amide bonds. The van der Waals surface area contributed by atoms with Crippen LogP contribution in [0.25, 0.3) is 0 Å². The number of carbonyl (C=O) groups is 1. The lowest BCUT2D eigenvalue weighted by atomic mass is 10.1. The van der Waals surface area contributed by atoms with Crippen LogP contribution in [0.5, 0.6) is 0 Å². The van der Waals surface area contributed by atoms with Gasteiger partial charge in [0.2, 0.25) is 5.91 Å². The Kier molecular flexibility index (Phi) is 4.34. The van der Waals surface area contributed by atoms with Crippen LogP contribution in [-0.2, 0) is 24.3 Å². The Morgan fingerprint density at radius 2 is 2.04 bits per heavy atom. The molecule has 138 valence electrons. The zero-order chi connectivity index (χ0) is 18.3. The van der Waals surface area contributed by atoms with Gasteiger partial charge in [0, 0.05) is 36.3 Å². The maximum atomic E-state index is 12.4. The van der Waals surface area contributed by atoms with Gasteiger partial charge in [-0.15, -0.1) is 10.2 Å². The van der Waals surface area contributed by atoms with Gasteiger partial charge in [-0.2, -0.15) is 4.98 Å². The molecule has 1 unspecified atom stereocenters. The average molecular weight is 356 g/mol. The Morgan fingerprint density at radius 3 is 2.77 bits per heavy atom. The number of nitrogens with one attached hydrogen (secondary N) is 1. The molecule has 0 radical (unpaired) electrons. The van der Waals surface area contributed by atoms with Gasteiger partial charge in [-0.1, -0.05) is 0 Å². The van der Waals surface area contributed by atoms with Crippen molar-refractivity contribution in [1.82, 2.24) is 29.6 Å². The van der Waals surface area contributed by atoms with Crippen LogP contribution in [0.4, 0.5) is 0 Å². The highest BCUT2D eigenvalue weighted by atomic mass is 16.2. The van der Waals surface area contributed by atoms with Crippen LogP contribution in [-0.4, -0.2) is 36.3 Å². The van der Waals surface area contributed by atoms with E-state index in [1.807, 2.05) is 13.0 Å². The number of nitrogens with zero attached hydrogens (tertiary/aromatic N) is 5.